The van der Waals surface area contributed by atoms with Gasteiger partial charge in [-0.15, -0.1) is 0 Å². The van der Waals surface area contributed by atoms with Crippen molar-refractivity contribution in [3.63, 3.8) is 0 Å². The molecule has 0 saturated carbocycles. The smallest absolute Gasteiger partial charge is 0.224 e. The van der Waals surface area contributed by atoms with Gasteiger partial charge in [-0.2, -0.15) is 0 Å². The molecule has 0 radical (unpaired) electrons. The average Bonchev–Trinajstić information content (AvgIpc) is 2.92. The molecule has 1 aromatic heterocycles. The number of piperidine rings is 1. The molecule has 194 valence electrons. The van der Waals surface area contributed by atoms with Crippen LogP contribution < -0.4 is 15.5 Å². The summed E-state index contributed by atoms with van der Waals surface area (Å²) < 4.78 is 0. The second-order valence-electron chi connectivity index (χ2n) is 10.3. The molecule has 37 heavy (non-hydrogen) atoms. The number of aryl methyl sites for hydroxylation is 1. The number of benzene rings is 2. The molecular formula is C30H37N5O2. The third kappa shape index (κ3) is 6.46. The van der Waals surface area contributed by atoms with E-state index >= 15 is 0 Å². The van der Waals surface area contributed by atoms with E-state index in [-0.39, 0.29) is 24.7 Å². The third-order valence-electron chi connectivity index (χ3n) is 7.50. The molecule has 0 spiro atoms. The summed E-state index contributed by atoms with van der Waals surface area (Å²) in [6.07, 6.45) is 5.12. The van der Waals surface area contributed by atoms with Crippen LogP contribution >= 0.6 is 0 Å². The van der Waals surface area contributed by atoms with Crippen LogP contribution in [0.1, 0.15) is 48.8 Å². The monoisotopic (exact) mass is 499 g/mol. The first-order valence-electron chi connectivity index (χ1n) is 13.6. The van der Waals surface area contributed by atoms with Crippen molar-refractivity contribution in [1.82, 2.24) is 15.2 Å². The van der Waals surface area contributed by atoms with Crippen molar-refractivity contribution in [1.29, 1.82) is 0 Å². The number of carbonyl (C=O) groups is 2. The summed E-state index contributed by atoms with van der Waals surface area (Å²) in [6, 6.07) is 16.5. The van der Waals surface area contributed by atoms with Gasteiger partial charge in [0.15, 0.2) is 0 Å². The SMILES string of the molecule is Cc1cc(N2CCCCC2)nc2ccc(NC(=O)CCC(=O)NCCN3CCc4ccccc4C3)cc12. The molecule has 2 aromatic carbocycles. The van der Waals surface area contributed by atoms with Crippen LogP contribution in [-0.2, 0) is 22.6 Å². The van der Waals surface area contributed by atoms with Gasteiger partial charge in [-0.3, -0.25) is 14.5 Å². The molecule has 2 N–H and O–H groups in total. The maximum atomic E-state index is 12.5. The Morgan fingerprint density at radius 2 is 1.70 bits per heavy atom. The Kier molecular flexibility index (Phi) is 7.99. The van der Waals surface area contributed by atoms with Gasteiger partial charge in [-0.1, -0.05) is 24.3 Å². The van der Waals surface area contributed by atoms with Crippen molar-refractivity contribution < 1.29 is 9.59 Å². The highest BCUT2D eigenvalue weighted by Gasteiger charge is 2.16. The molecule has 5 rings (SSSR count). The zero-order valence-electron chi connectivity index (χ0n) is 21.8. The predicted octanol–water partition coefficient (Wildman–Crippen LogP) is 4.43. The third-order valence-corrected chi connectivity index (χ3v) is 7.50. The Hall–Kier alpha value is -3.45. The lowest BCUT2D eigenvalue weighted by molar-refractivity contribution is -0.124. The fraction of sp³-hybridized carbons (Fsp3) is 0.433. The second-order valence-corrected chi connectivity index (χ2v) is 10.3. The summed E-state index contributed by atoms with van der Waals surface area (Å²) in [5.74, 6) is 0.798. The molecule has 3 aromatic rings. The molecule has 7 nitrogen and oxygen atoms in total. The number of carbonyl (C=O) groups excluding carboxylic acids is 2. The molecule has 0 aliphatic carbocycles. The highest BCUT2D eigenvalue weighted by molar-refractivity contribution is 5.96. The minimum atomic E-state index is -0.155. The van der Waals surface area contributed by atoms with Crippen LogP contribution in [0.3, 0.4) is 0 Å². The molecule has 0 bridgehead atoms. The Bertz CT molecular complexity index is 1270. The highest BCUT2D eigenvalue weighted by Crippen LogP contribution is 2.27. The van der Waals surface area contributed by atoms with E-state index in [1.165, 1.54) is 30.4 Å². The van der Waals surface area contributed by atoms with Crippen LogP contribution in [0.15, 0.2) is 48.5 Å². The summed E-state index contributed by atoms with van der Waals surface area (Å²) in [6.45, 7) is 7.56. The molecular weight excluding hydrogens is 462 g/mol. The number of hydrogen-bond acceptors (Lipinski definition) is 5. The number of fused-ring (bicyclic) bond motifs is 2. The van der Waals surface area contributed by atoms with Crippen LogP contribution in [0.2, 0.25) is 0 Å². The molecule has 2 amide bonds. The van der Waals surface area contributed by atoms with Gasteiger partial charge in [0.1, 0.15) is 5.82 Å². The van der Waals surface area contributed by atoms with Crippen LogP contribution in [-0.4, -0.2) is 54.4 Å². The van der Waals surface area contributed by atoms with Gasteiger partial charge in [-0.25, -0.2) is 4.98 Å². The van der Waals surface area contributed by atoms with E-state index in [9.17, 15) is 9.59 Å². The average molecular weight is 500 g/mol. The molecule has 1 saturated heterocycles. The molecule has 1 fully saturated rings. The van der Waals surface area contributed by atoms with Crippen LogP contribution in [0.5, 0.6) is 0 Å². The number of pyridine rings is 1. The zero-order chi connectivity index (χ0) is 25.6. The Morgan fingerprint density at radius 3 is 2.54 bits per heavy atom. The quantitative estimate of drug-likeness (QED) is 0.480. The van der Waals surface area contributed by atoms with Gasteiger partial charge < -0.3 is 15.5 Å². The van der Waals surface area contributed by atoms with E-state index in [0.29, 0.717) is 6.54 Å². The van der Waals surface area contributed by atoms with Gasteiger partial charge >= 0.3 is 0 Å². The van der Waals surface area contributed by atoms with Crippen molar-refractivity contribution >= 4 is 34.2 Å². The van der Waals surface area contributed by atoms with Crippen molar-refractivity contribution in [2.24, 2.45) is 0 Å². The van der Waals surface area contributed by atoms with Crippen LogP contribution in [0.25, 0.3) is 10.9 Å². The van der Waals surface area contributed by atoms with Crippen molar-refractivity contribution in [3.8, 4) is 0 Å². The van der Waals surface area contributed by atoms with Gasteiger partial charge in [-0.05, 0) is 73.6 Å². The Balaban J connectivity index is 1.07. The summed E-state index contributed by atoms with van der Waals surface area (Å²) in [5.41, 5.74) is 5.62. The second kappa shape index (κ2) is 11.7. The first kappa shape index (κ1) is 25.2. The Morgan fingerprint density at radius 1 is 0.919 bits per heavy atom. The van der Waals surface area contributed by atoms with Crippen molar-refractivity contribution in [2.75, 3.05) is 42.9 Å². The number of hydrogen-bond donors (Lipinski definition) is 2. The number of aromatic nitrogens is 1. The maximum Gasteiger partial charge on any atom is 0.224 e. The maximum absolute atomic E-state index is 12.5. The fourth-order valence-corrected chi connectivity index (χ4v) is 5.38. The zero-order valence-corrected chi connectivity index (χ0v) is 21.8. The molecule has 2 aliphatic rings. The normalized spacial score (nSPS) is 15.9. The molecule has 0 atom stereocenters. The highest BCUT2D eigenvalue weighted by atomic mass is 16.2. The van der Waals surface area contributed by atoms with E-state index < -0.39 is 0 Å². The van der Waals surface area contributed by atoms with Crippen LogP contribution in [0, 0.1) is 6.92 Å². The number of anilines is 2. The largest absolute Gasteiger partial charge is 0.357 e. The molecule has 2 aliphatic heterocycles. The standard InChI is InChI=1S/C30H37N5O2/c1-22-19-28(35-15-5-2-6-16-35)33-27-10-9-25(20-26(22)27)32-30(37)12-11-29(36)31-14-18-34-17-13-23-7-3-4-8-24(23)21-34/h3-4,7-10,19-20H,2,5-6,11-18,21H2,1H3,(H,31,36)(H,32,37). The summed E-state index contributed by atoms with van der Waals surface area (Å²) in [4.78, 5) is 34.4. The van der Waals surface area contributed by atoms with E-state index in [1.54, 1.807) is 0 Å². The lowest BCUT2D eigenvalue weighted by Crippen LogP contribution is -2.37. The summed E-state index contributed by atoms with van der Waals surface area (Å²) >= 11 is 0. The topological polar surface area (TPSA) is 77.6 Å². The van der Waals surface area contributed by atoms with Crippen molar-refractivity contribution in [2.45, 2.75) is 52.0 Å². The Labute approximate surface area is 219 Å². The lowest BCUT2D eigenvalue weighted by Gasteiger charge is -2.28. The number of nitrogens with one attached hydrogen (secondary N) is 2. The summed E-state index contributed by atoms with van der Waals surface area (Å²) in [7, 11) is 0. The van der Waals surface area contributed by atoms with E-state index in [4.69, 9.17) is 4.98 Å². The van der Waals surface area contributed by atoms with Gasteiger partial charge in [0.25, 0.3) is 0 Å². The first-order chi connectivity index (χ1) is 18.0. The minimum Gasteiger partial charge on any atom is -0.357 e. The lowest BCUT2D eigenvalue weighted by atomic mass is 10.00. The number of nitrogens with zero attached hydrogens (tertiary/aromatic N) is 3. The van der Waals surface area contributed by atoms with E-state index in [2.05, 4.69) is 57.7 Å². The molecule has 7 heteroatoms. The predicted molar refractivity (Wildman–Crippen MR) is 149 cm³/mol. The van der Waals surface area contributed by atoms with E-state index in [1.807, 2.05) is 18.2 Å². The first-order valence-corrected chi connectivity index (χ1v) is 13.6. The van der Waals surface area contributed by atoms with E-state index in [0.717, 1.165) is 67.1 Å². The van der Waals surface area contributed by atoms with Crippen LogP contribution in [0.4, 0.5) is 11.5 Å². The van der Waals surface area contributed by atoms with Crippen molar-refractivity contribution in [3.05, 3.63) is 65.2 Å². The minimum absolute atomic E-state index is 0.0867. The molecule has 0 unspecified atom stereocenters. The fourth-order valence-electron chi connectivity index (χ4n) is 5.38. The summed E-state index contributed by atoms with van der Waals surface area (Å²) in [5, 5.41) is 6.95. The number of amides is 2. The van der Waals surface area contributed by atoms with Gasteiger partial charge in [0.05, 0.1) is 5.52 Å². The van der Waals surface area contributed by atoms with Gasteiger partial charge in [0, 0.05) is 63.2 Å². The molecule has 3 heterocycles. The number of rotatable bonds is 8. The van der Waals surface area contributed by atoms with Gasteiger partial charge in [0.2, 0.25) is 11.8 Å².